The van der Waals surface area contributed by atoms with Crippen molar-refractivity contribution in [2.75, 3.05) is 13.1 Å². The molecule has 1 N–H and O–H groups in total. The van der Waals surface area contributed by atoms with Crippen molar-refractivity contribution in [2.45, 2.75) is 64.4 Å². The Morgan fingerprint density at radius 2 is 1.92 bits per heavy atom. The van der Waals surface area contributed by atoms with Gasteiger partial charge in [-0.3, -0.25) is 4.79 Å². The summed E-state index contributed by atoms with van der Waals surface area (Å²) in [5.74, 6) is 1.00. The molecule has 0 bridgehead atoms. The topological polar surface area (TPSA) is 40.5 Å². The first-order valence-corrected chi connectivity index (χ1v) is 9.35. The number of amides is 1. The number of aliphatic hydroxyl groups is 1. The molecule has 130 valence electrons. The third-order valence-electron chi connectivity index (χ3n) is 6.65. The van der Waals surface area contributed by atoms with E-state index in [0.29, 0.717) is 24.2 Å². The number of benzene rings is 1. The zero-order valence-corrected chi connectivity index (χ0v) is 15.1. The molecule has 0 radical (unpaired) electrons. The molecule has 0 unspecified atom stereocenters. The van der Waals surface area contributed by atoms with Gasteiger partial charge in [-0.1, -0.05) is 23.8 Å². The van der Waals surface area contributed by atoms with Gasteiger partial charge in [0.2, 0.25) is 5.91 Å². The molecular formula is C21H29NO2. The van der Waals surface area contributed by atoms with E-state index in [0.717, 1.165) is 13.1 Å². The van der Waals surface area contributed by atoms with Crippen LogP contribution in [0.2, 0.25) is 0 Å². The van der Waals surface area contributed by atoms with Gasteiger partial charge in [-0.05, 0) is 69.9 Å². The third-order valence-corrected chi connectivity index (χ3v) is 6.65. The molecule has 1 heterocycles. The average molecular weight is 327 g/mol. The van der Waals surface area contributed by atoms with Crippen LogP contribution in [0, 0.1) is 25.2 Å². The number of aryl methyl sites for hydroxylation is 2. The molecule has 1 aromatic carbocycles. The Bertz CT molecular complexity index is 664. The van der Waals surface area contributed by atoms with E-state index in [4.69, 9.17) is 0 Å². The van der Waals surface area contributed by atoms with Crippen LogP contribution in [0.25, 0.3) is 0 Å². The minimum atomic E-state index is -0.607. The molecule has 1 amide bonds. The van der Waals surface area contributed by atoms with Gasteiger partial charge < -0.3 is 10.0 Å². The van der Waals surface area contributed by atoms with E-state index in [1.54, 1.807) is 0 Å². The van der Waals surface area contributed by atoms with Gasteiger partial charge in [0.05, 0.1) is 5.60 Å². The Labute approximate surface area is 145 Å². The SMILES string of the molecule is Cc1ccc([C@H]2CCC3(C2)CN(C(=O)C2CC(C)(O)C2)C3)c(C)c1. The fraction of sp³-hybridized carbons (Fsp3) is 0.667. The number of carbonyl (C=O) groups excluding carboxylic acids is 1. The van der Waals surface area contributed by atoms with E-state index >= 15 is 0 Å². The van der Waals surface area contributed by atoms with Gasteiger partial charge in [-0.15, -0.1) is 0 Å². The van der Waals surface area contributed by atoms with Crippen LogP contribution >= 0.6 is 0 Å². The molecule has 1 atom stereocenters. The zero-order chi connectivity index (χ0) is 17.1. The van der Waals surface area contributed by atoms with Crippen LogP contribution < -0.4 is 0 Å². The van der Waals surface area contributed by atoms with E-state index in [-0.39, 0.29) is 11.8 Å². The van der Waals surface area contributed by atoms with E-state index < -0.39 is 5.60 Å². The quantitative estimate of drug-likeness (QED) is 0.902. The molecule has 3 nitrogen and oxygen atoms in total. The summed E-state index contributed by atoms with van der Waals surface area (Å²) in [5.41, 5.74) is 4.02. The van der Waals surface area contributed by atoms with Crippen molar-refractivity contribution in [1.82, 2.24) is 4.90 Å². The summed E-state index contributed by atoms with van der Waals surface area (Å²) in [6.07, 6.45) is 5.01. The summed E-state index contributed by atoms with van der Waals surface area (Å²) in [7, 11) is 0. The molecule has 1 aromatic rings. The number of nitrogens with zero attached hydrogens (tertiary/aromatic N) is 1. The Morgan fingerprint density at radius 3 is 2.54 bits per heavy atom. The average Bonchev–Trinajstić information content (AvgIpc) is 2.87. The van der Waals surface area contributed by atoms with Gasteiger partial charge in [0.1, 0.15) is 0 Å². The number of hydrogen-bond donors (Lipinski definition) is 1. The highest BCUT2D eigenvalue weighted by Gasteiger charge is 2.53. The van der Waals surface area contributed by atoms with E-state index in [1.807, 2.05) is 11.8 Å². The Kier molecular flexibility index (Phi) is 3.58. The molecule has 4 rings (SSSR count). The van der Waals surface area contributed by atoms with Crippen LogP contribution in [-0.4, -0.2) is 34.6 Å². The first kappa shape index (κ1) is 16.1. The second kappa shape index (κ2) is 5.32. The van der Waals surface area contributed by atoms with Crippen molar-refractivity contribution in [1.29, 1.82) is 0 Å². The van der Waals surface area contributed by atoms with Gasteiger partial charge in [0, 0.05) is 24.4 Å². The summed E-state index contributed by atoms with van der Waals surface area (Å²) in [4.78, 5) is 14.5. The fourth-order valence-electron chi connectivity index (χ4n) is 5.40. The number of likely N-dealkylation sites (tertiary alicyclic amines) is 1. The largest absolute Gasteiger partial charge is 0.390 e. The zero-order valence-electron chi connectivity index (χ0n) is 15.1. The summed E-state index contributed by atoms with van der Waals surface area (Å²) in [6.45, 7) is 8.09. The maximum absolute atomic E-state index is 12.5. The van der Waals surface area contributed by atoms with Crippen LogP contribution in [0.5, 0.6) is 0 Å². The van der Waals surface area contributed by atoms with Crippen LogP contribution in [-0.2, 0) is 4.79 Å². The van der Waals surface area contributed by atoms with Crippen molar-refractivity contribution < 1.29 is 9.90 Å². The Morgan fingerprint density at radius 1 is 1.21 bits per heavy atom. The molecule has 1 saturated heterocycles. The first-order chi connectivity index (χ1) is 11.3. The Hall–Kier alpha value is -1.35. The van der Waals surface area contributed by atoms with Crippen molar-refractivity contribution in [3.8, 4) is 0 Å². The van der Waals surface area contributed by atoms with E-state index in [1.165, 1.54) is 36.0 Å². The molecule has 1 aliphatic heterocycles. The lowest BCUT2D eigenvalue weighted by Gasteiger charge is -2.52. The highest BCUT2D eigenvalue weighted by atomic mass is 16.3. The lowest BCUT2D eigenvalue weighted by molar-refractivity contribution is -0.161. The second-order valence-corrected chi connectivity index (χ2v) is 9.10. The van der Waals surface area contributed by atoms with Gasteiger partial charge in [-0.25, -0.2) is 0 Å². The lowest BCUT2D eigenvalue weighted by atomic mass is 9.69. The van der Waals surface area contributed by atoms with E-state index in [9.17, 15) is 9.90 Å². The van der Waals surface area contributed by atoms with Crippen LogP contribution in [0.4, 0.5) is 0 Å². The standard InChI is InChI=1S/C21H29NO2/c1-14-4-5-18(15(2)8-14)16-6-7-21(11-16)12-22(13-21)19(23)17-9-20(3,24)10-17/h4-5,8,16-17,24H,6-7,9-13H2,1-3H3/t16-,17?,20?/m0/s1. The lowest BCUT2D eigenvalue weighted by Crippen LogP contribution is -2.61. The van der Waals surface area contributed by atoms with E-state index in [2.05, 4.69) is 32.0 Å². The van der Waals surface area contributed by atoms with Gasteiger partial charge >= 0.3 is 0 Å². The summed E-state index contributed by atoms with van der Waals surface area (Å²) < 4.78 is 0. The molecule has 3 aliphatic rings. The minimum Gasteiger partial charge on any atom is -0.390 e. The van der Waals surface area contributed by atoms with Crippen molar-refractivity contribution in [2.24, 2.45) is 11.3 Å². The molecule has 3 heteroatoms. The van der Waals surface area contributed by atoms with Crippen molar-refractivity contribution >= 4 is 5.91 Å². The summed E-state index contributed by atoms with van der Waals surface area (Å²) >= 11 is 0. The fourth-order valence-corrected chi connectivity index (χ4v) is 5.40. The van der Waals surface area contributed by atoms with Crippen LogP contribution in [0.1, 0.15) is 61.6 Å². The molecule has 2 aliphatic carbocycles. The third kappa shape index (κ3) is 2.67. The molecule has 2 saturated carbocycles. The van der Waals surface area contributed by atoms with Crippen LogP contribution in [0.3, 0.4) is 0 Å². The van der Waals surface area contributed by atoms with Crippen molar-refractivity contribution in [3.05, 3.63) is 34.9 Å². The maximum atomic E-state index is 12.5. The molecule has 0 aromatic heterocycles. The maximum Gasteiger partial charge on any atom is 0.225 e. The Balaban J connectivity index is 1.36. The monoisotopic (exact) mass is 327 g/mol. The first-order valence-electron chi connectivity index (χ1n) is 9.35. The second-order valence-electron chi connectivity index (χ2n) is 9.10. The van der Waals surface area contributed by atoms with Gasteiger partial charge in [0.15, 0.2) is 0 Å². The smallest absolute Gasteiger partial charge is 0.225 e. The molecular weight excluding hydrogens is 298 g/mol. The number of hydrogen-bond acceptors (Lipinski definition) is 2. The minimum absolute atomic E-state index is 0.0638. The normalized spacial score (nSPS) is 34.1. The summed E-state index contributed by atoms with van der Waals surface area (Å²) in [6, 6.07) is 6.83. The molecule has 1 spiro atoms. The summed E-state index contributed by atoms with van der Waals surface area (Å²) in [5, 5.41) is 9.85. The van der Waals surface area contributed by atoms with Gasteiger partial charge in [-0.2, -0.15) is 0 Å². The highest BCUT2D eigenvalue weighted by Crippen LogP contribution is 2.53. The molecule has 24 heavy (non-hydrogen) atoms. The predicted octanol–water partition coefficient (Wildman–Crippen LogP) is 3.56. The van der Waals surface area contributed by atoms with Gasteiger partial charge in [0.25, 0.3) is 0 Å². The number of rotatable bonds is 2. The van der Waals surface area contributed by atoms with Crippen molar-refractivity contribution in [3.63, 3.8) is 0 Å². The van der Waals surface area contributed by atoms with Crippen LogP contribution in [0.15, 0.2) is 18.2 Å². The predicted molar refractivity (Wildman–Crippen MR) is 94.9 cm³/mol. The molecule has 3 fully saturated rings. The highest BCUT2D eigenvalue weighted by molar-refractivity contribution is 5.81. The number of carbonyl (C=O) groups is 1.